The minimum atomic E-state index is -4.37. The molecule has 1 N–H and O–H groups in total. The third-order valence-electron chi connectivity index (χ3n) is 2.68. The molecule has 0 saturated carbocycles. The van der Waals surface area contributed by atoms with Gasteiger partial charge in [0, 0.05) is 34.3 Å². The van der Waals surface area contributed by atoms with Crippen molar-refractivity contribution in [1.29, 1.82) is 0 Å². The summed E-state index contributed by atoms with van der Waals surface area (Å²) in [6.07, 6.45) is -4.24. The van der Waals surface area contributed by atoms with Crippen LogP contribution < -0.4 is 5.32 Å². The molecule has 0 aromatic heterocycles. The second kappa shape index (κ2) is 7.26. The summed E-state index contributed by atoms with van der Waals surface area (Å²) < 4.78 is 49.1. The highest BCUT2D eigenvalue weighted by Gasteiger charge is 2.29. The number of carbonyl (C=O) groups excluding carboxylic acids is 1. The Morgan fingerprint density at radius 3 is 2.14 bits per heavy atom. The van der Waals surface area contributed by atoms with E-state index in [-0.39, 0.29) is 29.4 Å². The van der Waals surface area contributed by atoms with Crippen molar-refractivity contribution in [2.24, 2.45) is 0 Å². The minimum Gasteiger partial charge on any atom is -0.351 e. The number of rotatable bonds is 5. The first-order valence-electron chi connectivity index (χ1n) is 6.79. The molecule has 0 spiro atoms. The van der Waals surface area contributed by atoms with Crippen molar-refractivity contribution < 1.29 is 22.2 Å². The molecule has 1 atom stereocenters. The lowest BCUT2D eigenvalue weighted by molar-refractivity contribution is -0.137. The van der Waals surface area contributed by atoms with Gasteiger partial charge in [0.1, 0.15) is 0 Å². The maximum Gasteiger partial charge on any atom is 0.416 e. The van der Waals surface area contributed by atoms with Crippen LogP contribution in [0.15, 0.2) is 24.3 Å². The fraction of sp³-hybridized carbons (Fsp3) is 0.533. The molecule has 1 rings (SSSR count). The zero-order valence-corrected chi connectivity index (χ0v) is 13.6. The molecule has 0 fully saturated rings. The molecule has 1 aromatic carbocycles. The van der Waals surface area contributed by atoms with Crippen LogP contribution in [0.4, 0.5) is 13.2 Å². The van der Waals surface area contributed by atoms with E-state index in [9.17, 15) is 22.2 Å². The van der Waals surface area contributed by atoms with Gasteiger partial charge >= 0.3 is 6.18 Å². The highest BCUT2D eigenvalue weighted by Crippen LogP contribution is 2.29. The van der Waals surface area contributed by atoms with E-state index in [1.165, 1.54) is 12.1 Å². The Labute approximate surface area is 130 Å². The summed E-state index contributed by atoms with van der Waals surface area (Å²) in [6, 6.07) is 4.57. The van der Waals surface area contributed by atoms with Crippen LogP contribution in [0.2, 0.25) is 0 Å². The van der Waals surface area contributed by atoms with E-state index < -0.39 is 22.5 Å². The van der Waals surface area contributed by atoms with E-state index in [1.807, 2.05) is 20.8 Å². The third-order valence-corrected chi connectivity index (χ3v) is 3.99. The van der Waals surface area contributed by atoms with Gasteiger partial charge in [0.2, 0.25) is 5.91 Å². The second-order valence-corrected chi connectivity index (χ2v) is 7.61. The third kappa shape index (κ3) is 7.06. The Morgan fingerprint density at radius 1 is 1.14 bits per heavy atom. The maximum atomic E-state index is 12.4. The predicted molar refractivity (Wildman–Crippen MR) is 80.7 cm³/mol. The first-order valence-corrected chi connectivity index (χ1v) is 8.28. The smallest absolute Gasteiger partial charge is 0.351 e. The number of halogens is 3. The van der Waals surface area contributed by atoms with Gasteiger partial charge < -0.3 is 5.32 Å². The molecule has 22 heavy (non-hydrogen) atoms. The van der Waals surface area contributed by atoms with Crippen molar-refractivity contribution in [3.63, 3.8) is 0 Å². The van der Waals surface area contributed by atoms with Gasteiger partial charge in [-0.2, -0.15) is 13.2 Å². The highest BCUT2D eigenvalue weighted by molar-refractivity contribution is 7.84. The van der Waals surface area contributed by atoms with Crippen LogP contribution in [0.1, 0.15) is 38.3 Å². The van der Waals surface area contributed by atoms with Crippen LogP contribution in [0.25, 0.3) is 0 Å². The molecule has 1 aromatic rings. The van der Waals surface area contributed by atoms with Crippen LogP contribution in [0, 0.1) is 0 Å². The number of benzene rings is 1. The Kier molecular flexibility index (Phi) is 6.17. The summed E-state index contributed by atoms with van der Waals surface area (Å²) in [5, 5.41) is 2.76. The van der Waals surface area contributed by atoms with Crippen molar-refractivity contribution in [1.82, 2.24) is 5.32 Å². The zero-order chi connectivity index (χ0) is 17.0. The topological polar surface area (TPSA) is 46.2 Å². The number of hydrogen-bond donors (Lipinski definition) is 1. The van der Waals surface area contributed by atoms with Crippen molar-refractivity contribution in [2.45, 2.75) is 44.7 Å². The SMILES string of the molecule is CC(C)(C)NC(=O)CCS(=O)Cc1ccc(C(F)(F)F)cc1. The number of amides is 1. The molecule has 0 radical (unpaired) electrons. The van der Waals surface area contributed by atoms with E-state index in [0.29, 0.717) is 5.56 Å². The molecule has 3 nitrogen and oxygen atoms in total. The van der Waals surface area contributed by atoms with Crippen molar-refractivity contribution in [2.75, 3.05) is 5.75 Å². The average molecular weight is 335 g/mol. The van der Waals surface area contributed by atoms with Gasteiger partial charge in [0.05, 0.1) is 5.56 Å². The van der Waals surface area contributed by atoms with Gasteiger partial charge in [-0.3, -0.25) is 9.00 Å². The maximum absolute atomic E-state index is 12.4. The largest absolute Gasteiger partial charge is 0.416 e. The summed E-state index contributed by atoms with van der Waals surface area (Å²) in [5.41, 5.74) is -0.513. The van der Waals surface area contributed by atoms with Gasteiger partial charge in [0.15, 0.2) is 0 Å². The number of carbonyl (C=O) groups is 1. The summed E-state index contributed by atoms with van der Waals surface area (Å²) in [5.74, 6) is 0.136. The van der Waals surface area contributed by atoms with Crippen LogP contribution in [0.3, 0.4) is 0 Å². The lowest BCUT2D eigenvalue weighted by atomic mass is 10.1. The first kappa shape index (κ1) is 18.7. The van der Waals surface area contributed by atoms with Crippen molar-refractivity contribution >= 4 is 16.7 Å². The first-order chi connectivity index (χ1) is 9.97. The normalized spacial score (nSPS) is 13.7. The molecule has 7 heteroatoms. The van der Waals surface area contributed by atoms with Gasteiger partial charge in [-0.25, -0.2) is 0 Å². The van der Waals surface area contributed by atoms with E-state index in [2.05, 4.69) is 5.32 Å². The molecule has 0 heterocycles. The Hall–Kier alpha value is -1.37. The number of alkyl halides is 3. The molecule has 0 aliphatic rings. The molecule has 0 bridgehead atoms. The fourth-order valence-corrected chi connectivity index (χ4v) is 2.86. The average Bonchev–Trinajstić information content (AvgIpc) is 2.34. The van der Waals surface area contributed by atoms with E-state index >= 15 is 0 Å². The van der Waals surface area contributed by atoms with Crippen LogP contribution in [0.5, 0.6) is 0 Å². The minimum absolute atomic E-state index is 0.129. The lowest BCUT2D eigenvalue weighted by Gasteiger charge is -2.20. The van der Waals surface area contributed by atoms with Gasteiger partial charge in [-0.15, -0.1) is 0 Å². The molecule has 0 aliphatic carbocycles. The Balaban J connectivity index is 2.47. The molecule has 0 saturated heterocycles. The van der Waals surface area contributed by atoms with E-state index in [0.717, 1.165) is 12.1 Å². The summed E-state index contributed by atoms with van der Waals surface area (Å²) in [7, 11) is -1.29. The fourth-order valence-electron chi connectivity index (χ4n) is 1.74. The molecule has 1 amide bonds. The highest BCUT2D eigenvalue weighted by atomic mass is 32.2. The summed E-state index contributed by atoms with van der Waals surface area (Å²) in [6.45, 7) is 5.55. The molecule has 0 aliphatic heterocycles. The Bertz CT molecular complexity index is 533. The van der Waals surface area contributed by atoms with Gasteiger partial charge in [-0.1, -0.05) is 12.1 Å². The zero-order valence-electron chi connectivity index (χ0n) is 12.8. The summed E-state index contributed by atoms with van der Waals surface area (Å²) in [4.78, 5) is 11.6. The molecule has 124 valence electrons. The predicted octanol–water partition coefficient (Wildman–Crippen LogP) is 3.26. The van der Waals surface area contributed by atoms with E-state index in [4.69, 9.17) is 0 Å². The number of hydrogen-bond acceptors (Lipinski definition) is 2. The Morgan fingerprint density at radius 2 is 1.68 bits per heavy atom. The van der Waals surface area contributed by atoms with E-state index in [1.54, 1.807) is 0 Å². The molecular formula is C15H20F3NO2S. The van der Waals surface area contributed by atoms with Crippen LogP contribution >= 0.6 is 0 Å². The van der Waals surface area contributed by atoms with Gasteiger partial charge in [0.25, 0.3) is 0 Å². The molecule has 1 unspecified atom stereocenters. The number of nitrogens with one attached hydrogen (secondary N) is 1. The molecular weight excluding hydrogens is 315 g/mol. The monoisotopic (exact) mass is 335 g/mol. The second-order valence-electron chi connectivity index (χ2n) is 6.03. The quantitative estimate of drug-likeness (QED) is 0.898. The summed E-state index contributed by atoms with van der Waals surface area (Å²) >= 11 is 0. The van der Waals surface area contributed by atoms with Crippen molar-refractivity contribution in [3.05, 3.63) is 35.4 Å². The standard InChI is InChI=1S/C15H20F3NO2S/c1-14(2,3)19-13(20)8-9-22(21)10-11-4-6-12(7-5-11)15(16,17)18/h4-7H,8-10H2,1-3H3,(H,19,20). The van der Waals surface area contributed by atoms with Gasteiger partial charge in [-0.05, 0) is 38.5 Å². The lowest BCUT2D eigenvalue weighted by Crippen LogP contribution is -2.41. The van der Waals surface area contributed by atoms with Crippen LogP contribution in [-0.4, -0.2) is 21.4 Å². The van der Waals surface area contributed by atoms with Crippen LogP contribution in [-0.2, 0) is 27.5 Å². The van der Waals surface area contributed by atoms with Crippen molar-refractivity contribution in [3.8, 4) is 0 Å².